The van der Waals surface area contributed by atoms with Crippen LogP contribution in [0.5, 0.6) is 0 Å². The lowest BCUT2D eigenvalue weighted by atomic mass is 10.1. The maximum absolute atomic E-state index is 10.1. The number of rotatable bonds is 0. The number of fused-ring (bicyclic) bond motifs is 1. The second-order valence-corrected chi connectivity index (χ2v) is 3.06. The van der Waals surface area contributed by atoms with Gasteiger partial charge >= 0.3 is 0 Å². The van der Waals surface area contributed by atoms with Gasteiger partial charge in [-0.2, -0.15) is 0 Å². The molecule has 0 saturated heterocycles. The molecule has 3 nitrogen and oxygen atoms in total. The third-order valence-corrected chi connectivity index (χ3v) is 2.04. The second kappa shape index (κ2) is 3.81. The van der Waals surface area contributed by atoms with Crippen molar-refractivity contribution in [2.24, 2.45) is 0 Å². The molecule has 0 N–H and O–H groups in total. The highest BCUT2D eigenvalue weighted by Gasteiger charge is 1.94. The average Bonchev–Trinajstić information content (AvgIpc) is 2.26. The van der Waals surface area contributed by atoms with E-state index < -0.39 is 4.92 Å². The van der Waals surface area contributed by atoms with Crippen LogP contribution in [-0.2, 0) is 0 Å². The largest absolute Gasteiger partial charge is 0.295 e. The van der Waals surface area contributed by atoms with Crippen LogP contribution in [0.1, 0.15) is 5.56 Å². The smallest absolute Gasteiger partial charge is 0.249 e. The summed E-state index contributed by atoms with van der Waals surface area (Å²) in [5.74, 6) is 2.49. The fraction of sp³-hybridized carbons (Fsp3) is 0. The van der Waals surface area contributed by atoms with Crippen LogP contribution in [0.4, 0.5) is 0 Å². The van der Waals surface area contributed by atoms with Crippen molar-refractivity contribution in [3.8, 4) is 12.0 Å². The average molecular weight is 197 g/mol. The normalized spacial score (nSPS) is 9.33. The molecule has 0 aliphatic heterocycles. The van der Waals surface area contributed by atoms with E-state index in [4.69, 9.17) is 0 Å². The highest BCUT2D eigenvalue weighted by atomic mass is 16.6. The molecular formula is C12H7NO2. The van der Waals surface area contributed by atoms with Gasteiger partial charge in [0.1, 0.15) is 4.92 Å². The Kier molecular flexibility index (Phi) is 2.34. The Balaban J connectivity index is 2.49. The van der Waals surface area contributed by atoms with Crippen LogP contribution in [0.25, 0.3) is 10.8 Å². The summed E-state index contributed by atoms with van der Waals surface area (Å²) in [6, 6.07) is 15.2. The van der Waals surface area contributed by atoms with Gasteiger partial charge in [-0.1, -0.05) is 30.3 Å². The maximum Gasteiger partial charge on any atom is 0.295 e. The first-order chi connectivity index (χ1) is 7.25. The quantitative estimate of drug-likeness (QED) is 0.282. The number of nitrogens with zero attached hydrogens (tertiary/aromatic N) is 1. The number of benzene rings is 2. The topological polar surface area (TPSA) is 43.1 Å². The van der Waals surface area contributed by atoms with E-state index in [-0.39, 0.29) is 0 Å². The number of nitro groups is 1. The second-order valence-electron chi connectivity index (χ2n) is 3.06. The van der Waals surface area contributed by atoms with Crippen LogP contribution in [0.2, 0.25) is 0 Å². The Hall–Kier alpha value is -2.34. The third-order valence-electron chi connectivity index (χ3n) is 2.04. The fourth-order valence-electron chi connectivity index (χ4n) is 1.38. The van der Waals surface area contributed by atoms with Crippen LogP contribution in [0.3, 0.4) is 0 Å². The van der Waals surface area contributed by atoms with Crippen molar-refractivity contribution >= 4 is 10.8 Å². The molecule has 15 heavy (non-hydrogen) atoms. The van der Waals surface area contributed by atoms with Crippen molar-refractivity contribution < 1.29 is 4.92 Å². The van der Waals surface area contributed by atoms with Gasteiger partial charge in [-0.05, 0) is 22.9 Å². The summed E-state index contributed by atoms with van der Waals surface area (Å²) in [5.41, 5.74) is 0.658. The van der Waals surface area contributed by atoms with Crippen molar-refractivity contribution in [2.45, 2.75) is 0 Å². The monoisotopic (exact) mass is 197 g/mol. The minimum absolute atomic E-state index is 0.644. The standard InChI is InChI=1S/C12H7NO2/c14-13(15)8-7-10-5-6-11-3-1-2-4-12(11)9-10/h1-6,9H. The molecule has 0 bridgehead atoms. The zero-order valence-corrected chi connectivity index (χ0v) is 7.81. The highest BCUT2D eigenvalue weighted by molar-refractivity contribution is 5.83. The lowest BCUT2D eigenvalue weighted by Gasteiger charge is -1.96. The summed E-state index contributed by atoms with van der Waals surface area (Å²) in [6.45, 7) is 0. The van der Waals surface area contributed by atoms with Gasteiger partial charge in [-0.15, -0.1) is 0 Å². The van der Waals surface area contributed by atoms with Gasteiger partial charge in [0, 0.05) is 11.5 Å². The molecule has 72 valence electrons. The minimum Gasteiger partial charge on any atom is -0.249 e. The molecule has 0 radical (unpaired) electrons. The molecular weight excluding hydrogens is 190 g/mol. The molecule has 3 heteroatoms. The maximum atomic E-state index is 10.1. The summed E-state index contributed by atoms with van der Waals surface area (Å²) in [6.07, 6.45) is 0. The fourth-order valence-corrected chi connectivity index (χ4v) is 1.38. The van der Waals surface area contributed by atoms with Gasteiger partial charge < -0.3 is 0 Å². The van der Waals surface area contributed by atoms with E-state index in [0.717, 1.165) is 10.8 Å². The molecule has 0 atom stereocenters. The van der Waals surface area contributed by atoms with E-state index in [2.05, 4.69) is 5.92 Å². The molecule has 2 rings (SSSR count). The zero-order chi connectivity index (χ0) is 10.7. The predicted octanol–water partition coefficient (Wildman–Crippen LogP) is 2.43. The molecule has 0 amide bonds. The molecule has 0 unspecified atom stereocenters. The van der Waals surface area contributed by atoms with Crippen molar-refractivity contribution in [1.82, 2.24) is 0 Å². The third kappa shape index (κ3) is 2.12. The van der Waals surface area contributed by atoms with Gasteiger partial charge in [0.25, 0.3) is 6.04 Å². The van der Waals surface area contributed by atoms with Crippen LogP contribution >= 0.6 is 0 Å². The molecule has 0 aromatic heterocycles. The van der Waals surface area contributed by atoms with Crippen molar-refractivity contribution in [1.29, 1.82) is 0 Å². The Morgan fingerprint density at radius 2 is 1.80 bits per heavy atom. The molecule has 2 aromatic rings. The summed E-state index contributed by atoms with van der Waals surface area (Å²) in [5, 5.41) is 12.2. The Morgan fingerprint density at radius 3 is 2.53 bits per heavy atom. The van der Waals surface area contributed by atoms with E-state index in [1.807, 2.05) is 42.4 Å². The van der Waals surface area contributed by atoms with Crippen LogP contribution in [0.15, 0.2) is 42.5 Å². The lowest BCUT2D eigenvalue weighted by Crippen LogP contribution is -1.84. The van der Waals surface area contributed by atoms with E-state index in [1.54, 1.807) is 6.07 Å². The Morgan fingerprint density at radius 1 is 1.07 bits per heavy atom. The molecule has 0 aliphatic rings. The van der Waals surface area contributed by atoms with Crippen molar-refractivity contribution in [3.63, 3.8) is 0 Å². The van der Waals surface area contributed by atoms with E-state index >= 15 is 0 Å². The van der Waals surface area contributed by atoms with E-state index in [1.165, 1.54) is 0 Å². The molecule has 0 saturated carbocycles. The first kappa shape index (κ1) is 9.22. The summed E-state index contributed by atoms with van der Waals surface area (Å²) in [7, 11) is 0. The molecule has 0 fully saturated rings. The summed E-state index contributed by atoms with van der Waals surface area (Å²) >= 11 is 0. The van der Waals surface area contributed by atoms with E-state index in [0.29, 0.717) is 5.56 Å². The number of hydrogen-bond acceptors (Lipinski definition) is 2. The Bertz CT molecular complexity index is 579. The van der Waals surface area contributed by atoms with Gasteiger partial charge in [-0.25, -0.2) is 10.1 Å². The van der Waals surface area contributed by atoms with Crippen molar-refractivity contribution in [3.05, 3.63) is 58.1 Å². The van der Waals surface area contributed by atoms with Crippen LogP contribution in [0, 0.1) is 22.1 Å². The Labute approximate surface area is 86.5 Å². The first-order valence-electron chi connectivity index (χ1n) is 4.40. The van der Waals surface area contributed by atoms with Crippen molar-refractivity contribution in [2.75, 3.05) is 0 Å². The van der Waals surface area contributed by atoms with Gasteiger partial charge in [-0.3, -0.25) is 0 Å². The highest BCUT2D eigenvalue weighted by Crippen LogP contribution is 2.14. The summed E-state index contributed by atoms with van der Waals surface area (Å²) < 4.78 is 0. The SMILES string of the molecule is O=[N+]([O-])C#Cc1ccc2ccccc2c1. The lowest BCUT2D eigenvalue weighted by molar-refractivity contribution is -0.379. The van der Waals surface area contributed by atoms with E-state index in [9.17, 15) is 10.1 Å². The molecule has 0 heterocycles. The summed E-state index contributed by atoms with van der Waals surface area (Å²) in [4.78, 5) is 9.42. The molecule has 2 aromatic carbocycles. The number of hydrogen-bond donors (Lipinski definition) is 0. The zero-order valence-electron chi connectivity index (χ0n) is 7.81. The minimum atomic E-state index is -0.644. The van der Waals surface area contributed by atoms with Crippen LogP contribution in [-0.4, -0.2) is 4.92 Å². The molecule has 0 spiro atoms. The van der Waals surface area contributed by atoms with Crippen LogP contribution < -0.4 is 0 Å². The van der Waals surface area contributed by atoms with Gasteiger partial charge in [0.15, 0.2) is 0 Å². The van der Waals surface area contributed by atoms with Gasteiger partial charge in [0.2, 0.25) is 0 Å². The first-order valence-corrected chi connectivity index (χ1v) is 4.40. The molecule has 0 aliphatic carbocycles. The predicted molar refractivity (Wildman–Crippen MR) is 57.8 cm³/mol. The van der Waals surface area contributed by atoms with Gasteiger partial charge in [0.05, 0.1) is 0 Å².